The summed E-state index contributed by atoms with van der Waals surface area (Å²) < 4.78 is 28.7. The summed E-state index contributed by atoms with van der Waals surface area (Å²) in [5.74, 6) is 2.02. The van der Waals surface area contributed by atoms with Gasteiger partial charge in [0, 0.05) is 18.6 Å². The zero-order chi connectivity index (χ0) is 14.3. The van der Waals surface area contributed by atoms with Gasteiger partial charge in [-0.25, -0.2) is 0 Å². The molecule has 1 fully saturated rings. The quantitative estimate of drug-likeness (QED) is 0.661. The summed E-state index contributed by atoms with van der Waals surface area (Å²) in [5, 5.41) is 9.30. The van der Waals surface area contributed by atoms with Gasteiger partial charge in [-0.15, -0.1) is 0 Å². The third-order valence-electron chi connectivity index (χ3n) is 3.34. The molecule has 0 amide bonds. The first-order chi connectivity index (χ1) is 9.01. The van der Waals surface area contributed by atoms with Gasteiger partial charge in [-0.3, -0.25) is 0 Å². The Hall–Kier alpha value is 0.180. The van der Waals surface area contributed by atoms with E-state index in [9.17, 15) is 13.5 Å². The molecule has 2 atom stereocenters. The smallest absolute Gasteiger partial charge is 0.280 e. The van der Waals surface area contributed by atoms with E-state index in [1.54, 1.807) is 0 Å². The molecule has 2 N–H and O–H groups in total. The number of nitrogens with zero attached hydrogens (tertiary/aromatic N) is 1. The van der Waals surface area contributed by atoms with Crippen molar-refractivity contribution in [1.29, 1.82) is 0 Å². The first-order valence-electron chi connectivity index (χ1n) is 6.99. The van der Waals surface area contributed by atoms with Crippen molar-refractivity contribution >= 4 is 22.0 Å². The van der Waals surface area contributed by atoms with Gasteiger partial charge in [-0.2, -0.15) is 29.2 Å². The predicted octanol–water partition coefficient (Wildman–Crippen LogP) is 1.20. The Morgan fingerprint density at radius 3 is 2.84 bits per heavy atom. The number of hydrogen-bond donors (Lipinski definition) is 2. The summed E-state index contributed by atoms with van der Waals surface area (Å²) >= 11 is 1.81. The number of nitrogens with one attached hydrogen (secondary N) is 1. The number of rotatable bonds is 8. The predicted molar refractivity (Wildman–Crippen MR) is 80.6 cm³/mol. The highest BCUT2D eigenvalue weighted by Gasteiger charge is 2.32. The lowest BCUT2D eigenvalue weighted by Gasteiger charge is -2.34. The van der Waals surface area contributed by atoms with Gasteiger partial charge in [0.2, 0.25) is 0 Å². The molecule has 1 saturated heterocycles. The standard InChI is InChI=1S/C12H26N2O3S2/c1-3-18-9-7-11(2)13-19(16,17)14-8-5-4-6-12(14)10-15/h11-13,15H,3-10H2,1-2H3. The van der Waals surface area contributed by atoms with Crippen LogP contribution in [-0.2, 0) is 10.2 Å². The molecule has 0 aliphatic carbocycles. The third kappa shape index (κ3) is 5.59. The second-order valence-corrected chi connectivity index (χ2v) is 8.00. The number of hydrogen-bond acceptors (Lipinski definition) is 4. The summed E-state index contributed by atoms with van der Waals surface area (Å²) in [6.45, 7) is 4.41. The molecule has 0 radical (unpaired) electrons. The summed E-state index contributed by atoms with van der Waals surface area (Å²) in [5.41, 5.74) is 0. The summed E-state index contributed by atoms with van der Waals surface area (Å²) in [6.07, 6.45) is 3.43. The second-order valence-electron chi connectivity index (χ2n) is 4.95. The highest BCUT2D eigenvalue weighted by molar-refractivity contribution is 7.99. The Labute approximate surface area is 121 Å². The van der Waals surface area contributed by atoms with E-state index in [1.807, 2.05) is 18.7 Å². The zero-order valence-corrected chi connectivity index (χ0v) is 13.5. The van der Waals surface area contributed by atoms with E-state index in [-0.39, 0.29) is 18.7 Å². The van der Waals surface area contributed by atoms with Gasteiger partial charge in [0.1, 0.15) is 0 Å². The van der Waals surface area contributed by atoms with E-state index in [4.69, 9.17) is 0 Å². The molecule has 1 aliphatic heterocycles. The fraction of sp³-hybridized carbons (Fsp3) is 1.00. The Bertz CT molecular complexity index is 349. The molecule has 2 unspecified atom stereocenters. The largest absolute Gasteiger partial charge is 0.395 e. The molecule has 1 rings (SSSR count). The molecule has 1 aliphatic rings. The van der Waals surface area contributed by atoms with Crippen molar-refractivity contribution in [1.82, 2.24) is 9.03 Å². The van der Waals surface area contributed by atoms with Crippen molar-refractivity contribution in [2.75, 3.05) is 24.7 Å². The lowest BCUT2D eigenvalue weighted by atomic mass is 10.1. The average Bonchev–Trinajstić information content (AvgIpc) is 2.38. The van der Waals surface area contributed by atoms with Crippen LogP contribution >= 0.6 is 11.8 Å². The van der Waals surface area contributed by atoms with Crippen LogP contribution in [0.5, 0.6) is 0 Å². The third-order valence-corrected chi connectivity index (χ3v) is 6.07. The Kier molecular flexibility index (Phi) is 7.68. The lowest BCUT2D eigenvalue weighted by molar-refractivity contribution is 0.153. The summed E-state index contributed by atoms with van der Waals surface area (Å²) in [4.78, 5) is 0. The molecule has 7 heteroatoms. The van der Waals surface area contributed by atoms with Crippen molar-refractivity contribution in [2.45, 2.75) is 51.6 Å². The van der Waals surface area contributed by atoms with Gasteiger partial charge in [0.05, 0.1) is 6.61 Å². The van der Waals surface area contributed by atoms with Crippen LogP contribution in [0.3, 0.4) is 0 Å². The molecule has 0 aromatic rings. The van der Waals surface area contributed by atoms with Gasteiger partial charge in [-0.1, -0.05) is 13.3 Å². The molecular weight excluding hydrogens is 284 g/mol. The molecule has 0 bridgehead atoms. The van der Waals surface area contributed by atoms with Crippen molar-refractivity contribution in [2.24, 2.45) is 0 Å². The van der Waals surface area contributed by atoms with E-state index in [0.29, 0.717) is 6.54 Å². The van der Waals surface area contributed by atoms with Gasteiger partial charge in [0.25, 0.3) is 10.2 Å². The maximum Gasteiger partial charge on any atom is 0.280 e. The highest BCUT2D eigenvalue weighted by Crippen LogP contribution is 2.19. The van der Waals surface area contributed by atoms with Crippen LogP contribution < -0.4 is 4.72 Å². The Morgan fingerprint density at radius 1 is 1.47 bits per heavy atom. The molecule has 0 saturated carbocycles. The number of aliphatic hydroxyl groups excluding tert-OH is 1. The topological polar surface area (TPSA) is 69.6 Å². The van der Waals surface area contributed by atoms with Gasteiger partial charge in [-0.05, 0) is 37.7 Å². The molecule has 0 aromatic heterocycles. The fourth-order valence-corrected chi connectivity index (χ4v) is 4.76. The van der Waals surface area contributed by atoms with Crippen molar-refractivity contribution in [3.63, 3.8) is 0 Å². The maximum atomic E-state index is 12.3. The van der Waals surface area contributed by atoms with Crippen molar-refractivity contribution in [3.8, 4) is 0 Å². The van der Waals surface area contributed by atoms with Gasteiger partial charge in [0.15, 0.2) is 0 Å². The van der Waals surface area contributed by atoms with Crippen LogP contribution in [0.25, 0.3) is 0 Å². The van der Waals surface area contributed by atoms with Crippen LogP contribution in [0.4, 0.5) is 0 Å². The maximum absolute atomic E-state index is 12.3. The molecule has 114 valence electrons. The minimum absolute atomic E-state index is 0.0645. The average molecular weight is 310 g/mol. The van der Waals surface area contributed by atoms with Gasteiger partial charge < -0.3 is 5.11 Å². The van der Waals surface area contributed by atoms with E-state index in [0.717, 1.165) is 37.2 Å². The number of aliphatic hydroxyl groups is 1. The SMILES string of the molecule is CCSCCC(C)NS(=O)(=O)N1CCCCC1CO. The fourth-order valence-electron chi connectivity index (χ4n) is 2.26. The van der Waals surface area contributed by atoms with Crippen LogP contribution in [0.15, 0.2) is 0 Å². The highest BCUT2D eigenvalue weighted by atomic mass is 32.2. The van der Waals surface area contributed by atoms with Gasteiger partial charge >= 0.3 is 0 Å². The molecular formula is C12H26N2O3S2. The minimum Gasteiger partial charge on any atom is -0.395 e. The molecule has 0 aromatic carbocycles. The molecule has 5 nitrogen and oxygen atoms in total. The first kappa shape index (κ1) is 17.2. The van der Waals surface area contributed by atoms with Crippen molar-refractivity contribution < 1.29 is 13.5 Å². The summed E-state index contributed by atoms with van der Waals surface area (Å²) in [7, 11) is -3.47. The molecule has 1 heterocycles. The van der Waals surface area contributed by atoms with E-state index >= 15 is 0 Å². The lowest BCUT2D eigenvalue weighted by Crippen LogP contribution is -2.52. The molecule has 0 spiro atoms. The van der Waals surface area contributed by atoms with Crippen LogP contribution in [0.2, 0.25) is 0 Å². The normalized spacial score (nSPS) is 23.4. The molecule has 19 heavy (non-hydrogen) atoms. The monoisotopic (exact) mass is 310 g/mol. The van der Waals surface area contributed by atoms with Crippen molar-refractivity contribution in [3.05, 3.63) is 0 Å². The number of piperidine rings is 1. The first-order valence-corrected chi connectivity index (χ1v) is 9.58. The number of thioether (sulfide) groups is 1. The van der Waals surface area contributed by atoms with E-state index in [2.05, 4.69) is 11.6 Å². The van der Waals surface area contributed by atoms with Crippen LogP contribution in [0.1, 0.15) is 39.5 Å². The van der Waals surface area contributed by atoms with Crippen LogP contribution in [-0.4, -0.2) is 54.6 Å². The zero-order valence-electron chi connectivity index (χ0n) is 11.8. The summed E-state index contributed by atoms with van der Waals surface area (Å²) in [6, 6.07) is -0.325. The van der Waals surface area contributed by atoms with Crippen LogP contribution in [0, 0.1) is 0 Å². The Morgan fingerprint density at radius 2 is 2.21 bits per heavy atom. The van der Waals surface area contributed by atoms with E-state index in [1.165, 1.54) is 4.31 Å². The second kappa shape index (κ2) is 8.46. The van der Waals surface area contributed by atoms with E-state index < -0.39 is 10.2 Å². The minimum atomic E-state index is -3.47. The Balaban J connectivity index is 2.53.